The van der Waals surface area contributed by atoms with Crippen molar-refractivity contribution in [2.45, 2.75) is 19.9 Å². The Kier molecular flexibility index (Phi) is 6.18. The minimum atomic E-state index is -0.463. The lowest BCUT2D eigenvalue weighted by Gasteiger charge is -2.13. The Balaban J connectivity index is 1.46. The van der Waals surface area contributed by atoms with E-state index in [-0.39, 0.29) is 11.8 Å². The van der Waals surface area contributed by atoms with Gasteiger partial charge < -0.3 is 10.6 Å². The second-order valence-electron chi connectivity index (χ2n) is 7.22. The number of nitrogens with one attached hydrogen (secondary N) is 2. The quantitative estimate of drug-likeness (QED) is 0.411. The zero-order valence-electron chi connectivity index (χ0n) is 17.5. The Morgan fingerprint density at radius 1 is 1.00 bits per heavy atom. The van der Waals surface area contributed by atoms with Gasteiger partial charge in [-0.3, -0.25) is 14.3 Å². The molecular weight excluding hydrogens is 472 g/mol. The van der Waals surface area contributed by atoms with E-state index in [2.05, 4.69) is 36.8 Å². The van der Waals surface area contributed by atoms with Crippen molar-refractivity contribution in [3.63, 3.8) is 0 Å². The maximum atomic E-state index is 12.9. The molecule has 0 bridgehead atoms. The summed E-state index contributed by atoms with van der Waals surface area (Å²) in [6.07, 6.45) is 4.91. The molecular formula is C23H21BrN6O2. The molecule has 0 spiro atoms. The van der Waals surface area contributed by atoms with Crippen LogP contribution in [0, 0.1) is 6.92 Å². The van der Waals surface area contributed by atoms with Gasteiger partial charge in [-0.25, -0.2) is 4.68 Å². The van der Waals surface area contributed by atoms with Crippen LogP contribution < -0.4 is 10.6 Å². The van der Waals surface area contributed by atoms with Crippen molar-refractivity contribution >= 4 is 39.1 Å². The van der Waals surface area contributed by atoms with Crippen molar-refractivity contribution in [2.75, 3.05) is 10.6 Å². The Labute approximate surface area is 193 Å². The lowest BCUT2D eigenvalue weighted by Crippen LogP contribution is -2.24. The Morgan fingerprint density at radius 2 is 1.72 bits per heavy atom. The summed E-state index contributed by atoms with van der Waals surface area (Å²) in [6.45, 7) is 3.61. The number of carbonyl (C=O) groups is 2. The van der Waals surface area contributed by atoms with Gasteiger partial charge in [-0.15, -0.1) is 0 Å². The monoisotopic (exact) mass is 492 g/mol. The highest BCUT2D eigenvalue weighted by Crippen LogP contribution is 2.20. The number of halogens is 1. The van der Waals surface area contributed by atoms with Crippen molar-refractivity contribution in [1.82, 2.24) is 19.6 Å². The molecule has 0 aliphatic carbocycles. The molecule has 2 aromatic carbocycles. The molecule has 2 N–H and O–H groups in total. The van der Waals surface area contributed by atoms with E-state index in [9.17, 15) is 9.59 Å². The average Bonchev–Trinajstić information content (AvgIpc) is 3.44. The summed E-state index contributed by atoms with van der Waals surface area (Å²) < 4.78 is 4.26. The van der Waals surface area contributed by atoms with Crippen LogP contribution in [-0.2, 0) is 4.79 Å². The highest BCUT2D eigenvalue weighted by Gasteiger charge is 2.17. The third-order valence-corrected chi connectivity index (χ3v) is 5.54. The molecule has 2 amide bonds. The van der Waals surface area contributed by atoms with Gasteiger partial charge in [0.15, 0.2) is 0 Å². The minimum Gasteiger partial charge on any atom is -0.324 e. The molecule has 1 atom stereocenters. The first kappa shape index (κ1) is 21.5. The molecule has 2 aromatic heterocycles. The lowest BCUT2D eigenvalue weighted by atomic mass is 10.2. The molecule has 8 nitrogen and oxygen atoms in total. The first-order valence-electron chi connectivity index (χ1n) is 9.94. The van der Waals surface area contributed by atoms with Crippen LogP contribution in [-0.4, -0.2) is 31.4 Å². The van der Waals surface area contributed by atoms with E-state index in [1.54, 1.807) is 65.2 Å². The van der Waals surface area contributed by atoms with Crippen LogP contribution in [0.25, 0.3) is 5.69 Å². The summed E-state index contributed by atoms with van der Waals surface area (Å²) in [5, 5.41) is 14.2. The highest BCUT2D eigenvalue weighted by molar-refractivity contribution is 9.10. The summed E-state index contributed by atoms with van der Waals surface area (Å²) in [4.78, 5) is 25.4. The van der Waals surface area contributed by atoms with Crippen molar-refractivity contribution in [1.29, 1.82) is 0 Å². The number of carbonyl (C=O) groups excluding carboxylic acids is 2. The summed E-state index contributed by atoms with van der Waals surface area (Å²) in [5.74, 6) is -0.483. The van der Waals surface area contributed by atoms with E-state index in [4.69, 9.17) is 0 Å². The minimum absolute atomic E-state index is 0.205. The van der Waals surface area contributed by atoms with E-state index in [1.807, 2.05) is 31.2 Å². The van der Waals surface area contributed by atoms with Crippen LogP contribution >= 0.6 is 15.9 Å². The van der Waals surface area contributed by atoms with Gasteiger partial charge in [0.2, 0.25) is 5.91 Å². The van der Waals surface area contributed by atoms with Crippen LogP contribution in [0.3, 0.4) is 0 Å². The topological polar surface area (TPSA) is 93.8 Å². The molecule has 0 saturated heterocycles. The number of hydrogen-bond donors (Lipinski definition) is 2. The third kappa shape index (κ3) is 4.62. The van der Waals surface area contributed by atoms with Crippen molar-refractivity contribution in [2.24, 2.45) is 0 Å². The fourth-order valence-corrected chi connectivity index (χ4v) is 3.49. The number of hydrogen-bond acceptors (Lipinski definition) is 4. The molecule has 4 rings (SSSR count). The molecule has 0 radical (unpaired) electrons. The van der Waals surface area contributed by atoms with E-state index < -0.39 is 6.04 Å². The molecule has 4 aromatic rings. The fraction of sp³-hybridized carbons (Fsp3) is 0.130. The molecule has 0 aliphatic heterocycles. The third-order valence-electron chi connectivity index (χ3n) is 5.01. The SMILES string of the molecule is Cc1c(C(=O)Nc2cccc(NC(=O)C(C)n3cccn3)c2)cnn1-c1ccc(Br)cc1. The lowest BCUT2D eigenvalue weighted by molar-refractivity contribution is -0.119. The van der Waals surface area contributed by atoms with Gasteiger partial charge in [0.25, 0.3) is 5.91 Å². The first-order valence-corrected chi connectivity index (χ1v) is 10.7. The smallest absolute Gasteiger partial charge is 0.259 e. The number of nitrogens with zero attached hydrogens (tertiary/aromatic N) is 4. The number of anilines is 2. The largest absolute Gasteiger partial charge is 0.324 e. The first-order chi connectivity index (χ1) is 15.4. The highest BCUT2D eigenvalue weighted by atomic mass is 79.9. The van der Waals surface area contributed by atoms with E-state index >= 15 is 0 Å². The second-order valence-corrected chi connectivity index (χ2v) is 8.13. The number of amides is 2. The average molecular weight is 493 g/mol. The predicted molar refractivity (Wildman–Crippen MR) is 126 cm³/mol. The van der Waals surface area contributed by atoms with Gasteiger partial charge >= 0.3 is 0 Å². The summed E-state index contributed by atoms with van der Waals surface area (Å²) in [7, 11) is 0. The van der Waals surface area contributed by atoms with Gasteiger partial charge in [-0.05, 0) is 62.4 Å². The Morgan fingerprint density at radius 3 is 2.41 bits per heavy atom. The summed E-state index contributed by atoms with van der Waals surface area (Å²) in [6, 6.07) is 16.0. The van der Waals surface area contributed by atoms with E-state index in [1.165, 1.54) is 0 Å². The van der Waals surface area contributed by atoms with Gasteiger partial charge in [0.05, 0.1) is 23.1 Å². The molecule has 0 saturated carbocycles. The Hall–Kier alpha value is -3.72. The van der Waals surface area contributed by atoms with Crippen molar-refractivity contribution in [3.05, 3.63) is 88.9 Å². The van der Waals surface area contributed by atoms with Gasteiger partial charge in [-0.1, -0.05) is 22.0 Å². The van der Waals surface area contributed by atoms with Crippen molar-refractivity contribution in [3.8, 4) is 5.69 Å². The zero-order valence-corrected chi connectivity index (χ0v) is 19.1. The predicted octanol–water partition coefficient (Wildman–Crippen LogP) is 4.59. The van der Waals surface area contributed by atoms with Crippen LogP contribution in [0.4, 0.5) is 11.4 Å². The second kappa shape index (κ2) is 9.19. The maximum absolute atomic E-state index is 12.9. The molecule has 9 heteroatoms. The fourth-order valence-electron chi connectivity index (χ4n) is 3.22. The van der Waals surface area contributed by atoms with Gasteiger partial charge in [-0.2, -0.15) is 10.2 Å². The molecule has 0 aliphatic rings. The molecule has 32 heavy (non-hydrogen) atoms. The Bertz CT molecular complexity index is 1250. The van der Waals surface area contributed by atoms with Crippen LogP contribution in [0.15, 0.2) is 77.7 Å². The number of aromatic nitrogens is 4. The van der Waals surface area contributed by atoms with Crippen LogP contribution in [0.5, 0.6) is 0 Å². The van der Waals surface area contributed by atoms with E-state index in [0.29, 0.717) is 16.9 Å². The molecule has 162 valence electrons. The molecule has 0 fully saturated rings. The normalized spacial score (nSPS) is 11.7. The molecule has 1 unspecified atom stereocenters. The molecule has 2 heterocycles. The van der Waals surface area contributed by atoms with Crippen LogP contribution in [0.1, 0.15) is 29.0 Å². The number of benzene rings is 2. The zero-order chi connectivity index (χ0) is 22.7. The van der Waals surface area contributed by atoms with Gasteiger partial charge in [0.1, 0.15) is 6.04 Å². The van der Waals surface area contributed by atoms with Gasteiger partial charge in [0, 0.05) is 28.2 Å². The van der Waals surface area contributed by atoms with Crippen molar-refractivity contribution < 1.29 is 9.59 Å². The maximum Gasteiger partial charge on any atom is 0.259 e. The summed E-state index contributed by atoms with van der Waals surface area (Å²) >= 11 is 3.42. The standard InChI is InChI=1S/C23H21BrN6O2/c1-15-21(14-26-30(15)20-9-7-17(24)8-10-20)23(32)28-19-6-3-5-18(13-19)27-22(31)16(2)29-12-4-11-25-29/h3-14,16H,1-2H3,(H,27,31)(H,28,32). The number of rotatable bonds is 6. The van der Waals surface area contributed by atoms with E-state index in [0.717, 1.165) is 15.9 Å². The van der Waals surface area contributed by atoms with Crippen LogP contribution in [0.2, 0.25) is 0 Å². The summed E-state index contributed by atoms with van der Waals surface area (Å²) in [5.41, 5.74) is 3.20.